The van der Waals surface area contributed by atoms with Crippen molar-refractivity contribution in [3.63, 3.8) is 0 Å². The van der Waals surface area contributed by atoms with Gasteiger partial charge in [-0.1, -0.05) is 41.9 Å². The molecule has 0 atom stereocenters. The van der Waals surface area contributed by atoms with E-state index in [0.29, 0.717) is 10.8 Å². The first-order valence-corrected chi connectivity index (χ1v) is 5.00. The fourth-order valence-corrected chi connectivity index (χ4v) is 1.66. The molecule has 0 aliphatic carbocycles. The Morgan fingerprint density at radius 1 is 1.07 bits per heavy atom. The number of aliphatic hydroxyl groups excluding tert-OH is 1. The van der Waals surface area contributed by atoms with Crippen molar-refractivity contribution in [3.05, 3.63) is 53.3 Å². The minimum absolute atomic E-state index is 0.0968. The highest BCUT2D eigenvalue weighted by Crippen LogP contribution is 2.22. The summed E-state index contributed by atoms with van der Waals surface area (Å²) >= 11 is 5.86. The molecule has 0 aliphatic heterocycles. The molecule has 0 spiro atoms. The standard InChI is InChI=1S/C12H10ClNO/c13-12-7-10(6-11(8-15)14-12)9-4-2-1-3-5-9/h1-7,15H,8H2. The lowest BCUT2D eigenvalue weighted by Crippen LogP contribution is -1.90. The minimum Gasteiger partial charge on any atom is -0.390 e. The van der Waals surface area contributed by atoms with Crippen molar-refractivity contribution in [3.8, 4) is 11.1 Å². The van der Waals surface area contributed by atoms with Crippen LogP contribution in [-0.2, 0) is 6.61 Å². The Morgan fingerprint density at radius 3 is 2.47 bits per heavy atom. The number of aliphatic hydroxyl groups is 1. The topological polar surface area (TPSA) is 33.1 Å². The summed E-state index contributed by atoms with van der Waals surface area (Å²) in [5.41, 5.74) is 2.62. The predicted octanol–water partition coefficient (Wildman–Crippen LogP) is 2.89. The maximum atomic E-state index is 9.01. The molecule has 2 aromatic rings. The van der Waals surface area contributed by atoms with E-state index in [2.05, 4.69) is 4.98 Å². The number of pyridine rings is 1. The maximum absolute atomic E-state index is 9.01. The van der Waals surface area contributed by atoms with Gasteiger partial charge in [0.15, 0.2) is 0 Å². The van der Waals surface area contributed by atoms with Gasteiger partial charge in [0.2, 0.25) is 0 Å². The Hall–Kier alpha value is -1.38. The summed E-state index contributed by atoms with van der Waals surface area (Å²) in [5.74, 6) is 0. The van der Waals surface area contributed by atoms with Gasteiger partial charge in [-0.3, -0.25) is 0 Å². The molecule has 3 heteroatoms. The van der Waals surface area contributed by atoms with Crippen LogP contribution in [0.15, 0.2) is 42.5 Å². The first-order chi connectivity index (χ1) is 7.29. The molecule has 0 fully saturated rings. The summed E-state index contributed by atoms with van der Waals surface area (Å²) in [7, 11) is 0. The molecule has 76 valence electrons. The summed E-state index contributed by atoms with van der Waals surface area (Å²) in [5, 5.41) is 9.42. The van der Waals surface area contributed by atoms with Gasteiger partial charge in [-0.15, -0.1) is 0 Å². The van der Waals surface area contributed by atoms with Crippen molar-refractivity contribution in [2.24, 2.45) is 0 Å². The third-order valence-electron chi connectivity index (χ3n) is 2.12. The Morgan fingerprint density at radius 2 is 1.80 bits per heavy atom. The fourth-order valence-electron chi connectivity index (χ4n) is 1.43. The molecule has 0 radical (unpaired) electrons. The smallest absolute Gasteiger partial charge is 0.130 e. The molecule has 1 heterocycles. The zero-order valence-corrected chi connectivity index (χ0v) is 8.78. The van der Waals surface area contributed by atoms with Crippen molar-refractivity contribution in [2.45, 2.75) is 6.61 Å². The molecule has 2 nitrogen and oxygen atoms in total. The van der Waals surface area contributed by atoms with E-state index < -0.39 is 0 Å². The van der Waals surface area contributed by atoms with E-state index in [9.17, 15) is 0 Å². The first-order valence-electron chi connectivity index (χ1n) is 4.62. The quantitative estimate of drug-likeness (QED) is 0.788. The van der Waals surface area contributed by atoms with Gasteiger partial charge in [-0.2, -0.15) is 0 Å². The molecule has 2 rings (SSSR count). The van der Waals surface area contributed by atoms with Crippen LogP contribution in [0.4, 0.5) is 0 Å². The summed E-state index contributed by atoms with van der Waals surface area (Å²) < 4.78 is 0. The van der Waals surface area contributed by atoms with E-state index in [4.69, 9.17) is 16.7 Å². The van der Waals surface area contributed by atoms with Gasteiger partial charge in [-0.05, 0) is 23.3 Å². The number of halogens is 1. The average molecular weight is 220 g/mol. The van der Waals surface area contributed by atoms with Gasteiger partial charge >= 0.3 is 0 Å². The van der Waals surface area contributed by atoms with Crippen LogP contribution in [-0.4, -0.2) is 10.1 Å². The van der Waals surface area contributed by atoms with Crippen LogP contribution in [0.25, 0.3) is 11.1 Å². The Bertz CT molecular complexity index is 456. The third-order valence-corrected chi connectivity index (χ3v) is 2.31. The van der Waals surface area contributed by atoms with Gasteiger partial charge in [0.05, 0.1) is 12.3 Å². The molecule has 0 unspecified atom stereocenters. The SMILES string of the molecule is OCc1cc(-c2ccccc2)cc(Cl)n1. The van der Waals surface area contributed by atoms with Crippen molar-refractivity contribution in [1.82, 2.24) is 4.98 Å². The lowest BCUT2D eigenvalue weighted by molar-refractivity contribution is 0.277. The van der Waals surface area contributed by atoms with Crippen molar-refractivity contribution in [2.75, 3.05) is 0 Å². The molecule has 0 saturated carbocycles. The lowest BCUT2D eigenvalue weighted by atomic mass is 10.1. The highest BCUT2D eigenvalue weighted by atomic mass is 35.5. The number of benzene rings is 1. The summed E-state index contributed by atoms with van der Waals surface area (Å²) in [6, 6.07) is 13.5. The molecule has 1 N–H and O–H groups in total. The first kappa shape index (κ1) is 10.1. The molecule has 0 amide bonds. The van der Waals surface area contributed by atoms with Crippen LogP contribution in [0.1, 0.15) is 5.69 Å². The molecule has 0 bridgehead atoms. The lowest BCUT2D eigenvalue weighted by Gasteiger charge is -2.04. The zero-order chi connectivity index (χ0) is 10.7. The number of hydrogen-bond donors (Lipinski definition) is 1. The Labute approximate surface area is 93.2 Å². The molecule has 15 heavy (non-hydrogen) atoms. The minimum atomic E-state index is -0.0968. The van der Waals surface area contributed by atoms with Crippen LogP contribution >= 0.6 is 11.6 Å². The predicted molar refractivity (Wildman–Crippen MR) is 60.6 cm³/mol. The number of aromatic nitrogens is 1. The molecule has 1 aromatic carbocycles. The van der Waals surface area contributed by atoms with Crippen LogP contribution in [0.2, 0.25) is 5.15 Å². The van der Waals surface area contributed by atoms with Crippen molar-refractivity contribution < 1.29 is 5.11 Å². The average Bonchev–Trinajstić information content (AvgIpc) is 2.29. The number of rotatable bonds is 2. The van der Waals surface area contributed by atoms with Gasteiger partial charge in [0, 0.05) is 0 Å². The van der Waals surface area contributed by atoms with Gasteiger partial charge in [-0.25, -0.2) is 4.98 Å². The third kappa shape index (κ3) is 2.35. The maximum Gasteiger partial charge on any atom is 0.130 e. The highest BCUT2D eigenvalue weighted by Gasteiger charge is 2.02. The second-order valence-corrected chi connectivity index (χ2v) is 3.58. The second-order valence-electron chi connectivity index (χ2n) is 3.19. The van der Waals surface area contributed by atoms with Crippen LogP contribution < -0.4 is 0 Å². The summed E-state index contributed by atoms with van der Waals surface area (Å²) in [6.45, 7) is -0.0968. The van der Waals surface area contributed by atoms with E-state index >= 15 is 0 Å². The number of hydrogen-bond acceptors (Lipinski definition) is 2. The van der Waals surface area contributed by atoms with Crippen LogP contribution in [0.3, 0.4) is 0 Å². The van der Waals surface area contributed by atoms with Gasteiger partial charge in [0.25, 0.3) is 0 Å². The van der Waals surface area contributed by atoms with E-state index in [1.165, 1.54) is 0 Å². The van der Waals surface area contributed by atoms with E-state index in [-0.39, 0.29) is 6.61 Å². The van der Waals surface area contributed by atoms with Crippen LogP contribution in [0.5, 0.6) is 0 Å². The normalized spacial score (nSPS) is 10.3. The Kier molecular flexibility index (Phi) is 2.99. The summed E-state index contributed by atoms with van der Waals surface area (Å²) in [6.07, 6.45) is 0. The largest absolute Gasteiger partial charge is 0.390 e. The van der Waals surface area contributed by atoms with Gasteiger partial charge in [0.1, 0.15) is 5.15 Å². The molecule has 1 aromatic heterocycles. The molecular weight excluding hydrogens is 210 g/mol. The van der Waals surface area contributed by atoms with Gasteiger partial charge < -0.3 is 5.11 Å². The van der Waals surface area contributed by atoms with Crippen molar-refractivity contribution >= 4 is 11.6 Å². The zero-order valence-electron chi connectivity index (χ0n) is 8.02. The Balaban J connectivity index is 2.49. The molecule has 0 saturated heterocycles. The number of nitrogens with zero attached hydrogens (tertiary/aromatic N) is 1. The monoisotopic (exact) mass is 219 g/mol. The van der Waals surface area contributed by atoms with E-state index in [1.54, 1.807) is 6.07 Å². The van der Waals surface area contributed by atoms with E-state index in [0.717, 1.165) is 11.1 Å². The highest BCUT2D eigenvalue weighted by molar-refractivity contribution is 6.29. The molecule has 0 aliphatic rings. The fraction of sp³-hybridized carbons (Fsp3) is 0.0833. The molecular formula is C12H10ClNO. The van der Waals surface area contributed by atoms with E-state index in [1.807, 2.05) is 36.4 Å². The van der Waals surface area contributed by atoms with Crippen molar-refractivity contribution in [1.29, 1.82) is 0 Å². The summed E-state index contributed by atoms with van der Waals surface area (Å²) in [4.78, 5) is 3.99. The van der Waals surface area contributed by atoms with Crippen LogP contribution in [0, 0.1) is 0 Å². The second kappa shape index (κ2) is 4.43.